The molecule has 0 aliphatic carbocycles. The van der Waals surface area contributed by atoms with Crippen LogP contribution < -0.4 is 11.1 Å². The van der Waals surface area contributed by atoms with Crippen molar-refractivity contribution in [3.05, 3.63) is 45.9 Å². The molecule has 1 heterocycles. The summed E-state index contributed by atoms with van der Waals surface area (Å²) in [7, 11) is 0. The van der Waals surface area contributed by atoms with E-state index in [9.17, 15) is 0 Å². The number of benzene rings is 1. The average Bonchev–Trinajstić information content (AvgIpc) is 2.91. The summed E-state index contributed by atoms with van der Waals surface area (Å²) in [4.78, 5) is 10.0. The van der Waals surface area contributed by atoms with Crippen LogP contribution in [0.2, 0.25) is 0 Å². The maximum absolute atomic E-state index is 5.95. The third-order valence-corrected chi connectivity index (χ3v) is 4.35. The van der Waals surface area contributed by atoms with Crippen molar-refractivity contribution < 1.29 is 0 Å². The number of aromatic nitrogens is 1. The largest absolute Gasteiger partial charge is 0.370 e. The Kier molecular flexibility index (Phi) is 5.33. The summed E-state index contributed by atoms with van der Waals surface area (Å²) in [5.41, 5.74) is 8.21. The van der Waals surface area contributed by atoms with Gasteiger partial charge in [0.25, 0.3) is 0 Å². The van der Waals surface area contributed by atoms with Gasteiger partial charge in [-0.25, -0.2) is 4.98 Å². The molecule has 1 aromatic carbocycles. The van der Waals surface area contributed by atoms with Crippen LogP contribution in [0.1, 0.15) is 35.2 Å². The molecule has 0 aliphatic heterocycles. The van der Waals surface area contributed by atoms with Crippen LogP contribution >= 0.6 is 11.3 Å². The molecule has 0 bridgehead atoms. The second-order valence-electron chi connectivity index (χ2n) is 5.12. The topological polar surface area (TPSA) is 63.3 Å². The predicted octanol–water partition coefficient (Wildman–Crippen LogP) is 3.54. The Morgan fingerprint density at radius 3 is 2.95 bits per heavy atom. The minimum atomic E-state index is 0.283. The predicted molar refractivity (Wildman–Crippen MR) is 91.2 cm³/mol. The molecule has 3 N–H and O–H groups in total. The molecule has 2 rings (SSSR count). The Hall–Kier alpha value is -1.88. The molecule has 2 aromatic rings. The zero-order chi connectivity index (χ0) is 15.2. The van der Waals surface area contributed by atoms with Crippen molar-refractivity contribution in [2.75, 3.05) is 11.9 Å². The van der Waals surface area contributed by atoms with Crippen molar-refractivity contribution in [1.82, 2.24) is 4.98 Å². The molecule has 0 spiro atoms. The number of rotatable bonds is 5. The van der Waals surface area contributed by atoms with Gasteiger partial charge in [0, 0.05) is 22.7 Å². The van der Waals surface area contributed by atoms with E-state index < -0.39 is 0 Å². The van der Waals surface area contributed by atoms with Gasteiger partial charge in [0.1, 0.15) is 0 Å². The minimum Gasteiger partial charge on any atom is -0.370 e. The fraction of sp³-hybridized carbons (Fsp3) is 0.375. The van der Waals surface area contributed by atoms with Gasteiger partial charge >= 0.3 is 0 Å². The molecule has 0 saturated heterocycles. The number of hydrogen-bond donors (Lipinski definition) is 2. The Morgan fingerprint density at radius 1 is 1.48 bits per heavy atom. The Labute approximate surface area is 130 Å². The van der Waals surface area contributed by atoms with E-state index in [1.54, 1.807) is 11.3 Å². The monoisotopic (exact) mass is 302 g/mol. The molecule has 0 aliphatic rings. The van der Waals surface area contributed by atoms with E-state index in [-0.39, 0.29) is 5.92 Å². The summed E-state index contributed by atoms with van der Waals surface area (Å²) < 4.78 is 0. The first-order valence-electron chi connectivity index (χ1n) is 7.16. The first-order chi connectivity index (χ1) is 10.1. The molecular weight excluding hydrogens is 280 g/mol. The highest BCUT2D eigenvalue weighted by molar-refractivity contribution is 7.11. The maximum atomic E-state index is 5.95. The molecule has 5 heteroatoms. The van der Waals surface area contributed by atoms with Gasteiger partial charge in [-0.05, 0) is 31.0 Å². The second-order valence-corrected chi connectivity index (χ2v) is 6.38. The Balaban J connectivity index is 1.94. The summed E-state index contributed by atoms with van der Waals surface area (Å²) in [6.07, 6.45) is 2.91. The first-order valence-corrected chi connectivity index (χ1v) is 7.98. The van der Waals surface area contributed by atoms with Gasteiger partial charge in [-0.2, -0.15) is 0 Å². The summed E-state index contributed by atoms with van der Waals surface area (Å²) in [5, 5.41) is 4.25. The highest BCUT2D eigenvalue weighted by Crippen LogP contribution is 2.21. The molecule has 0 radical (unpaired) electrons. The van der Waals surface area contributed by atoms with Crippen LogP contribution in [0.3, 0.4) is 0 Å². The fourth-order valence-corrected chi connectivity index (χ4v) is 2.79. The lowest BCUT2D eigenvalue weighted by Crippen LogP contribution is -2.23. The molecule has 1 aromatic heterocycles. The standard InChI is InChI=1S/C16H22N4S/c1-4-13-6-5-7-14(8-13)20-16(17)19-9-11(2)15-18-10-12(3)21-15/h5-8,10-11H,4,9H2,1-3H3,(H3,17,19,20). The van der Waals surface area contributed by atoms with Crippen LogP contribution in [-0.4, -0.2) is 17.5 Å². The smallest absolute Gasteiger partial charge is 0.193 e. The van der Waals surface area contributed by atoms with Crippen LogP contribution in [0.25, 0.3) is 0 Å². The van der Waals surface area contributed by atoms with Crippen molar-refractivity contribution in [3.8, 4) is 0 Å². The summed E-state index contributed by atoms with van der Waals surface area (Å²) >= 11 is 1.71. The van der Waals surface area contributed by atoms with E-state index in [4.69, 9.17) is 5.73 Å². The van der Waals surface area contributed by atoms with Gasteiger partial charge in [-0.1, -0.05) is 26.0 Å². The van der Waals surface area contributed by atoms with Crippen molar-refractivity contribution in [2.45, 2.75) is 33.1 Å². The number of anilines is 1. The van der Waals surface area contributed by atoms with E-state index in [0.717, 1.165) is 17.1 Å². The van der Waals surface area contributed by atoms with E-state index >= 15 is 0 Å². The lowest BCUT2D eigenvalue weighted by Gasteiger charge is -2.09. The van der Waals surface area contributed by atoms with E-state index in [2.05, 4.69) is 48.2 Å². The van der Waals surface area contributed by atoms with Gasteiger partial charge < -0.3 is 11.1 Å². The van der Waals surface area contributed by atoms with Gasteiger partial charge in [0.05, 0.1) is 11.6 Å². The highest BCUT2D eigenvalue weighted by Gasteiger charge is 2.09. The van der Waals surface area contributed by atoms with Gasteiger partial charge in [-0.3, -0.25) is 4.99 Å². The van der Waals surface area contributed by atoms with Crippen LogP contribution in [0, 0.1) is 6.92 Å². The number of thiazole rings is 1. The molecular formula is C16H22N4S. The van der Waals surface area contributed by atoms with Crippen LogP contribution in [-0.2, 0) is 6.42 Å². The van der Waals surface area contributed by atoms with Crippen LogP contribution in [0.5, 0.6) is 0 Å². The summed E-state index contributed by atoms with van der Waals surface area (Å²) in [5.74, 6) is 0.731. The number of aryl methyl sites for hydroxylation is 2. The minimum absolute atomic E-state index is 0.283. The number of nitrogens with one attached hydrogen (secondary N) is 1. The molecule has 1 unspecified atom stereocenters. The fourth-order valence-electron chi connectivity index (χ4n) is 1.97. The van der Waals surface area contributed by atoms with Crippen molar-refractivity contribution in [3.63, 3.8) is 0 Å². The lowest BCUT2D eigenvalue weighted by molar-refractivity contribution is 0.766. The highest BCUT2D eigenvalue weighted by atomic mass is 32.1. The van der Waals surface area contributed by atoms with E-state index in [1.165, 1.54) is 10.4 Å². The SMILES string of the molecule is CCc1cccc(NC(N)=NCC(C)c2ncc(C)s2)c1. The third kappa shape index (κ3) is 4.56. The molecule has 0 amide bonds. The molecule has 112 valence electrons. The van der Waals surface area contributed by atoms with Gasteiger partial charge in [0.2, 0.25) is 0 Å². The number of aliphatic imine (C=N–C) groups is 1. The van der Waals surface area contributed by atoms with Gasteiger partial charge in [0.15, 0.2) is 5.96 Å². The van der Waals surface area contributed by atoms with E-state index in [1.807, 2.05) is 18.3 Å². The molecule has 21 heavy (non-hydrogen) atoms. The van der Waals surface area contributed by atoms with Gasteiger partial charge in [-0.15, -0.1) is 11.3 Å². The van der Waals surface area contributed by atoms with Crippen LogP contribution in [0.15, 0.2) is 35.5 Å². The zero-order valence-electron chi connectivity index (χ0n) is 12.8. The molecule has 4 nitrogen and oxygen atoms in total. The lowest BCUT2D eigenvalue weighted by atomic mass is 10.1. The number of hydrogen-bond acceptors (Lipinski definition) is 3. The number of nitrogens with two attached hydrogens (primary N) is 1. The zero-order valence-corrected chi connectivity index (χ0v) is 13.6. The quantitative estimate of drug-likeness (QED) is 0.656. The Bertz CT molecular complexity index is 618. The normalized spacial score (nSPS) is 13.2. The number of guanidine groups is 1. The molecule has 1 atom stereocenters. The number of nitrogens with zero attached hydrogens (tertiary/aromatic N) is 2. The Morgan fingerprint density at radius 2 is 2.29 bits per heavy atom. The van der Waals surface area contributed by atoms with E-state index in [0.29, 0.717) is 12.5 Å². The third-order valence-electron chi connectivity index (χ3n) is 3.20. The van der Waals surface area contributed by atoms with Crippen molar-refractivity contribution >= 4 is 23.0 Å². The summed E-state index contributed by atoms with van der Waals surface area (Å²) in [6, 6.07) is 8.21. The first kappa shape index (κ1) is 15.5. The molecule has 0 fully saturated rings. The average molecular weight is 302 g/mol. The van der Waals surface area contributed by atoms with Crippen molar-refractivity contribution in [1.29, 1.82) is 0 Å². The second kappa shape index (κ2) is 7.22. The van der Waals surface area contributed by atoms with Crippen molar-refractivity contribution in [2.24, 2.45) is 10.7 Å². The summed E-state index contributed by atoms with van der Waals surface area (Å²) in [6.45, 7) is 6.95. The molecule has 0 saturated carbocycles. The van der Waals surface area contributed by atoms with Crippen LogP contribution in [0.4, 0.5) is 5.69 Å². The maximum Gasteiger partial charge on any atom is 0.193 e.